The van der Waals surface area contributed by atoms with Gasteiger partial charge in [0.2, 0.25) is 0 Å². The van der Waals surface area contributed by atoms with Crippen LogP contribution in [0.15, 0.2) is 24.3 Å². The molecule has 112 valence electrons. The summed E-state index contributed by atoms with van der Waals surface area (Å²) in [7, 11) is 0. The molecule has 0 N–H and O–H groups in total. The van der Waals surface area contributed by atoms with Crippen LogP contribution in [0.3, 0.4) is 0 Å². The summed E-state index contributed by atoms with van der Waals surface area (Å²) in [5.74, 6) is 0.457. The molecule has 1 unspecified atom stereocenters. The standard InChI is InChI=1S/C16H17ClFNOS/c17-7-1-3-13-4-2-8-19(13)16(20)15-9-11-5-6-12(18)10-14(11)21-15/h5-6,9-10,13H,1-4,7-8H2. The minimum Gasteiger partial charge on any atom is -0.335 e. The highest BCUT2D eigenvalue weighted by atomic mass is 35.5. The Labute approximate surface area is 132 Å². The number of amides is 1. The van der Waals surface area contributed by atoms with E-state index >= 15 is 0 Å². The van der Waals surface area contributed by atoms with E-state index in [0.29, 0.717) is 16.8 Å². The number of rotatable bonds is 4. The maximum absolute atomic E-state index is 13.2. The number of hydrogen-bond donors (Lipinski definition) is 0. The molecule has 2 aromatic rings. The Morgan fingerprint density at radius 3 is 3.10 bits per heavy atom. The van der Waals surface area contributed by atoms with Crippen LogP contribution in [0.5, 0.6) is 0 Å². The summed E-state index contributed by atoms with van der Waals surface area (Å²) in [6.07, 6.45) is 4.02. The lowest BCUT2D eigenvalue weighted by Crippen LogP contribution is -2.35. The third kappa shape index (κ3) is 3.06. The van der Waals surface area contributed by atoms with Crippen molar-refractivity contribution in [2.75, 3.05) is 12.4 Å². The van der Waals surface area contributed by atoms with Crippen LogP contribution >= 0.6 is 22.9 Å². The molecule has 0 aliphatic carbocycles. The van der Waals surface area contributed by atoms with Crippen LogP contribution < -0.4 is 0 Å². The second-order valence-electron chi connectivity index (χ2n) is 5.42. The van der Waals surface area contributed by atoms with Gasteiger partial charge in [0, 0.05) is 23.2 Å². The van der Waals surface area contributed by atoms with Crippen LogP contribution in [-0.4, -0.2) is 29.3 Å². The van der Waals surface area contributed by atoms with Crippen molar-refractivity contribution in [1.82, 2.24) is 4.90 Å². The van der Waals surface area contributed by atoms with Gasteiger partial charge in [-0.3, -0.25) is 4.79 Å². The van der Waals surface area contributed by atoms with E-state index in [0.717, 1.165) is 42.3 Å². The number of hydrogen-bond acceptors (Lipinski definition) is 2. The zero-order valence-electron chi connectivity index (χ0n) is 11.6. The SMILES string of the molecule is O=C(c1cc2ccc(F)cc2s1)N1CCCC1CCCCl. The van der Waals surface area contributed by atoms with Gasteiger partial charge in [-0.15, -0.1) is 22.9 Å². The van der Waals surface area contributed by atoms with Crippen LogP contribution in [0.4, 0.5) is 4.39 Å². The first-order valence-electron chi connectivity index (χ1n) is 7.25. The predicted octanol–water partition coefficient (Wildman–Crippen LogP) is 4.66. The van der Waals surface area contributed by atoms with Gasteiger partial charge in [0.1, 0.15) is 5.82 Å². The van der Waals surface area contributed by atoms with Crippen molar-refractivity contribution < 1.29 is 9.18 Å². The molecule has 0 spiro atoms. The number of benzene rings is 1. The Morgan fingerprint density at radius 2 is 2.29 bits per heavy atom. The van der Waals surface area contributed by atoms with Gasteiger partial charge in [0.05, 0.1) is 4.88 Å². The number of thiophene rings is 1. The van der Waals surface area contributed by atoms with E-state index in [9.17, 15) is 9.18 Å². The van der Waals surface area contributed by atoms with Gasteiger partial charge in [-0.25, -0.2) is 4.39 Å². The third-order valence-corrected chi connectivity index (χ3v) is 5.35. The van der Waals surface area contributed by atoms with Crippen molar-refractivity contribution in [3.8, 4) is 0 Å². The second-order valence-corrected chi connectivity index (χ2v) is 6.88. The van der Waals surface area contributed by atoms with Gasteiger partial charge in [-0.05, 0) is 49.3 Å². The lowest BCUT2D eigenvalue weighted by atomic mass is 10.1. The first-order chi connectivity index (χ1) is 10.2. The topological polar surface area (TPSA) is 20.3 Å². The van der Waals surface area contributed by atoms with E-state index in [1.165, 1.54) is 23.5 Å². The lowest BCUT2D eigenvalue weighted by molar-refractivity contribution is 0.0735. The number of carbonyl (C=O) groups is 1. The number of halogens is 2. The molecule has 2 nitrogen and oxygen atoms in total. The highest BCUT2D eigenvalue weighted by Gasteiger charge is 2.29. The molecule has 5 heteroatoms. The average Bonchev–Trinajstić information content (AvgIpc) is 3.10. The van der Waals surface area contributed by atoms with E-state index in [-0.39, 0.29) is 11.7 Å². The van der Waals surface area contributed by atoms with E-state index in [2.05, 4.69) is 0 Å². The molecule has 1 saturated heterocycles. The van der Waals surface area contributed by atoms with Crippen molar-refractivity contribution in [3.63, 3.8) is 0 Å². The van der Waals surface area contributed by atoms with Gasteiger partial charge in [0.25, 0.3) is 5.91 Å². The number of carbonyl (C=O) groups excluding carboxylic acids is 1. The van der Waals surface area contributed by atoms with Crippen LogP contribution in [0.2, 0.25) is 0 Å². The molecule has 1 aromatic carbocycles. The fourth-order valence-electron chi connectivity index (χ4n) is 2.97. The summed E-state index contributed by atoms with van der Waals surface area (Å²) in [5.41, 5.74) is 0. The Balaban J connectivity index is 1.82. The summed E-state index contributed by atoms with van der Waals surface area (Å²) in [6, 6.07) is 6.83. The van der Waals surface area contributed by atoms with Gasteiger partial charge < -0.3 is 4.90 Å². The number of alkyl halides is 1. The molecule has 1 atom stereocenters. The predicted molar refractivity (Wildman–Crippen MR) is 85.8 cm³/mol. The monoisotopic (exact) mass is 325 g/mol. The molecule has 1 aromatic heterocycles. The van der Waals surface area contributed by atoms with E-state index in [1.54, 1.807) is 6.07 Å². The van der Waals surface area contributed by atoms with Crippen LogP contribution in [0.25, 0.3) is 10.1 Å². The molecule has 1 fully saturated rings. The fraction of sp³-hybridized carbons (Fsp3) is 0.438. The first kappa shape index (κ1) is 14.8. The maximum atomic E-state index is 13.2. The molecule has 3 rings (SSSR count). The van der Waals surface area contributed by atoms with Crippen molar-refractivity contribution in [1.29, 1.82) is 0 Å². The van der Waals surface area contributed by atoms with Crippen LogP contribution in [-0.2, 0) is 0 Å². The van der Waals surface area contributed by atoms with Gasteiger partial charge in [-0.1, -0.05) is 6.07 Å². The molecule has 1 aliphatic heterocycles. The van der Waals surface area contributed by atoms with E-state index in [4.69, 9.17) is 11.6 Å². The summed E-state index contributed by atoms with van der Waals surface area (Å²) in [5, 5.41) is 0.932. The molecular weight excluding hydrogens is 309 g/mol. The molecule has 1 aliphatic rings. The van der Waals surface area contributed by atoms with Gasteiger partial charge in [-0.2, -0.15) is 0 Å². The largest absolute Gasteiger partial charge is 0.335 e. The quantitative estimate of drug-likeness (QED) is 0.748. The first-order valence-corrected chi connectivity index (χ1v) is 8.60. The Hall–Kier alpha value is -1.13. The highest BCUT2D eigenvalue weighted by Crippen LogP contribution is 2.30. The number of fused-ring (bicyclic) bond motifs is 1. The molecule has 21 heavy (non-hydrogen) atoms. The summed E-state index contributed by atoms with van der Waals surface area (Å²) < 4.78 is 14.1. The van der Waals surface area contributed by atoms with Crippen molar-refractivity contribution in [2.45, 2.75) is 31.7 Å². The normalized spacial score (nSPS) is 18.6. The molecule has 0 bridgehead atoms. The summed E-state index contributed by atoms with van der Waals surface area (Å²) in [6.45, 7) is 0.814. The number of likely N-dealkylation sites (tertiary alicyclic amines) is 1. The van der Waals surface area contributed by atoms with Crippen molar-refractivity contribution in [2.24, 2.45) is 0 Å². The average molecular weight is 326 g/mol. The Bertz CT molecular complexity index is 657. The minimum absolute atomic E-state index is 0.0775. The van der Waals surface area contributed by atoms with Crippen LogP contribution in [0.1, 0.15) is 35.4 Å². The molecule has 0 radical (unpaired) electrons. The third-order valence-electron chi connectivity index (χ3n) is 4.00. The summed E-state index contributed by atoms with van der Waals surface area (Å²) >= 11 is 7.13. The van der Waals surface area contributed by atoms with Crippen molar-refractivity contribution in [3.05, 3.63) is 35.0 Å². The van der Waals surface area contributed by atoms with Gasteiger partial charge in [0.15, 0.2) is 0 Å². The van der Waals surface area contributed by atoms with Crippen molar-refractivity contribution >= 4 is 38.9 Å². The zero-order chi connectivity index (χ0) is 14.8. The summed E-state index contributed by atoms with van der Waals surface area (Å²) in [4.78, 5) is 15.4. The maximum Gasteiger partial charge on any atom is 0.264 e. The Kier molecular flexibility index (Phi) is 4.45. The van der Waals surface area contributed by atoms with Crippen LogP contribution in [0, 0.1) is 5.82 Å². The van der Waals surface area contributed by atoms with E-state index < -0.39 is 0 Å². The lowest BCUT2D eigenvalue weighted by Gasteiger charge is -2.23. The van der Waals surface area contributed by atoms with E-state index in [1.807, 2.05) is 11.0 Å². The second kappa shape index (κ2) is 6.32. The minimum atomic E-state index is -0.260. The molecule has 2 heterocycles. The Morgan fingerprint density at radius 1 is 1.43 bits per heavy atom. The zero-order valence-corrected chi connectivity index (χ0v) is 13.2. The molecule has 0 saturated carbocycles. The molecular formula is C16H17ClFNOS. The highest BCUT2D eigenvalue weighted by molar-refractivity contribution is 7.20. The van der Waals surface area contributed by atoms with Gasteiger partial charge >= 0.3 is 0 Å². The number of nitrogens with zero attached hydrogens (tertiary/aromatic N) is 1. The fourth-order valence-corrected chi connectivity index (χ4v) is 4.17. The smallest absolute Gasteiger partial charge is 0.264 e. The molecule has 1 amide bonds.